The van der Waals surface area contributed by atoms with Crippen molar-refractivity contribution < 1.29 is 22.9 Å². The number of nitrogens with one attached hydrogen (secondary N) is 2. The van der Waals surface area contributed by atoms with Gasteiger partial charge in [-0.15, -0.1) is 0 Å². The quantitative estimate of drug-likeness (QED) is 0.455. The lowest BCUT2D eigenvalue weighted by Crippen LogP contribution is -2.58. The number of halogens is 2. The summed E-state index contributed by atoms with van der Waals surface area (Å²) in [6.45, 7) is 3.21. The smallest absolute Gasteiger partial charge is 0.273 e. The molecule has 5 rings (SSSR count). The summed E-state index contributed by atoms with van der Waals surface area (Å²) in [7, 11) is 0. The molecule has 2 fully saturated rings. The number of rotatable bonds is 7. The van der Waals surface area contributed by atoms with Gasteiger partial charge in [-0.05, 0) is 50.5 Å². The number of aromatic nitrogens is 2. The second kappa shape index (κ2) is 12.0. The summed E-state index contributed by atoms with van der Waals surface area (Å²) in [6.07, 6.45) is 8.17. The summed E-state index contributed by atoms with van der Waals surface area (Å²) in [6, 6.07) is 9.71. The molecule has 1 aliphatic carbocycles. The first-order valence-corrected chi connectivity index (χ1v) is 13.6. The minimum atomic E-state index is -0.813. The summed E-state index contributed by atoms with van der Waals surface area (Å²) >= 11 is 0. The van der Waals surface area contributed by atoms with Crippen LogP contribution in [-0.2, 0) is 4.79 Å². The van der Waals surface area contributed by atoms with Gasteiger partial charge in [-0.25, -0.2) is 8.78 Å². The van der Waals surface area contributed by atoms with Crippen LogP contribution >= 0.6 is 0 Å². The van der Waals surface area contributed by atoms with E-state index in [-0.39, 0.29) is 29.0 Å². The van der Waals surface area contributed by atoms with Crippen molar-refractivity contribution in [2.75, 3.05) is 13.1 Å². The van der Waals surface area contributed by atoms with Crippen LogP contribution in [0.2, 0.25) is 0 Å². The number of amides is 2. The van der Waals surface area contributed by atoms with Gasteiger partial charge in [0, 0.05) is 43.5 Å². The minimum absolute atomic E-state index is 0.00417. The van der Waals surface area contributed by atoms with Gasteiger partial charge in [-0.2, -0.15) is 0 Å². The van der Waals surface area contributed by atoms with Crippen LogP contribution in [0.1, 0.15) is 67.7 Å². The Bertz CT molecular complexity index is 1300. The highest BCUT2D eigenvalue weighted by molar-refractivity contribution is 5.94. The first-order valence-electron chi connectivity index (χ1n) is 13.6. The highest BCUT2D eigenvalue weighted by Gasteiger charge is 2.38. The van der Waals surface area contributed by atoms with Gasteiger partial charge in [0.25, 0.3) is 5.91 Å². The summed E-state index contributed by atoms with van der Waals surface area (Å²) < 4.78 is 32.7. The maximum Gasteiger partial charge on any atom is 0.273 e. The van der Waals surface area contributed by atoms with Crippen LogP contribution in [0.25, 0.3) is 11.3 Å². The highest BCUT2D eigenvalue weighted by Crippen LogP contribution is 2.29. The molecule has 2 aliphatic rings. The molecule has 3 atom stereocenters. The SMILES string of the molecule is C[C@H](NC(=O)[C@H]1CN(C2CCCCC2)CC[C@H]1NC(=O)c1cc(-c2ccc(F)cc2F)on1)c1ccccn1. The third-order valence-electron chi connectivity index (χ3n) is 7.82. The Hall–Kier alpha value is -3.66. The number of piperidine rings is 1. The number of carbonyl (C=O) groups excluding carboxylic acids is 2. The number of likely N-dealkylation sites (tertiary alicyclic amines) is 1. The lowest BCUT2D eigenvalue weighted by molar-refractivity contribution is -0.128. The molecular weight excluding hydrogens is 504 g/mol. The molecule has 1 saturated carbocycles. The molecule has 10 heteroatoms. The monoisotopic (exact) mass is 537 g/mol. The number of nitrogens with zero attached hydrogens (tertiary/aromatic N) is 3. The Kier molecular flexibility index (Phi) is 8.30. The molecule has 0 bridgehead atoms. The molecule has 3 heterocycles. The van der Waals surface area contributed by atoms with Gasteiger partial charge in [0.1, 0.15) is 11.6 Å². The third kappa shape index (κ3) is 6.33. The van der Waals surface area contributed by atoms with E-state index >= 15 is 0 Å². The van der Waals surface area contributed by atoms with Gasteiger partial charge in [0.15, 0.2) is 11.5 Å². The van der Waals surface area contributed by atoms with E-state index in [1.165, 1.54) is 31.4 Å². The van der Waals surface area contributed by atoms with Gasteiger partial charge in [0.2, 0.25) is 5.91 Å². The third-order valence-corrected chi connectivity index (χ3v) is 7.82. The fourth-order valence-electron chi connectivity index (χ4n) is 5.66. The standard InChI is InChI=1S/C29H33F2N5O3/c1-18(24-9-5-6-13-32-24)33-28(37)22-17-36(20-7-3-2-4-8-20)14-12-25(22)34-29(38)26-16-27(39-35-26)21-11-10-19(30)15-23(21)31/h5-6,9-11,13,15-16,18,20,22,25H,2-4,7-8,12,14,17H2,1H3,(H,33,37)(H,34,38)/t18-,22-,25+/m0/s1. The van der Waals surface area contributed by atoms with Crippen LogP contribution in [0, 0.1) is 17.6 Å². The molecule has 8 nitrogen and oxygen atoms in total. The minimum Gasteiger partial charge on any atom is -0.355 e. The zero-order chi connectivity index (χ0) is 27.4. The lowest BCUT2D eigenvalue weighted by Gasteiger charge is -2.43. The van der Waals surface area contributed by atoms with Gasteiger partial charge in [-0.3, -0.25) is 19.5 Å². The zero-order valence-corrected chi connectivity index (χ0v) is 21.9. The highest BCUT2D eigenvalue weighted by atomic mass is 19.1. The first kappa shape index (κ1) is 26.9. The molecule has 206 valence electrons. The Balaban J connectivity index is 1.31. The van der Waals surface area contributed by atoms with E-state index in [4.69, 9.17) is 4.52 Å². The van der Waals surface area contributed by atoms with Crippen LogP contribution in [0.5, 0.6) is 0 Å². The fraction of sp³-hybridized carbons (Fsp3) is 0.448. The average Bonchev–Trinajstić information content (AvgIpc) is 3.44. The number of hydrogen-bond donors (Lipinski definition) is 2. The molecule has 1 aliphatic heterocycles. The topological polar surface area (TPSA) is 100 Å². The molecule has 2 N–H and O–H groups in total. The number of carbonyl (C=O) groups is 2. The van der Waals surface area contributed by atoms with E-state index in [1.807, 2.05) is 25.1 Å². The summed E-state index contributed by atoms with van der Waals surface area (Å²) in [5.74, 6) is -2.64. The molecular formula is C29H33F2N5O3. The van der Waals surface area contributed by atoms with Crippen LogP contribution in [0.4, 0.5) is 8.78 Å². The van der Waals surface area contributed by atoms with Crippen molar-refractivity contribution >= 4 is 11.8 Å². The lowest BCUT2D eigenvalue weighted by atomic mass is 9.86. The largest absolute Gasteiger partial charge is 0.355 e. The van der Waals surface area contributed by atoms with Gasteiger partial charge in [0.05, 0.1) is 23.2 Å². The Morgan fingerprint density at radius 1 is 1.08 bits per heavy atom. The van der Waals surface area contributed by atoms with Gasteiger partial charge >= 0.3 is 0 Å². The second-order valence-corrected chi connectivity index (χ2v) is 10.4. The van der Waals surface area contributed by atoms with Crippen molar-refractivity contribution in [2.45, 2.75) is 63.6 Å². The van der Waals surface area contributed by atoms with Crippen LogP contribution in [-0.4, -0.2) is 52.0 Å². The fourth-order valence-corrected chi connectivity index (χ4v) is 5.66. The van der Waals surface area contributed by atoms with Crippen molar-refractivity contribution in [1.29, 1.82) is 0 Å². The summed E-state index contributed by atoms with van der Waals surface area (Å²) in [4.78, 5) is 33.5. The van der Waals surface area contributed by atoms with Crippen LogP contribution in [0.3, 0.4) is 0 Å². The number of pyridine rings is 1. The van der Waals surface area contributed by atoms with Crippen molar-refractivity contribution in [3.63, 3.8) is 0 Å². The van der Waals surface area contributed by atoms with E-state index in [2.05, 4.69) is 25.7 Å². The van der Waals surface area contributed by atoms with Gasteiger partial charge in [-0.1, -0.05) is 30.5 Å². The number of benzene rings is 1. The molecule has 2 aromatic heterocycles. The van der Waals surface area contributed by atoms with Crippen molar-refractivity contribution in [2.24, 2.45) is 5.92 Å². The molecule has 39 heavy (non-hydrogen) atoms. The molecule has 3 aromatic rings. The second-order valence-electron chi connectivity index (χ2n) is 10.4. The number of hydrogen-bond acceptors (Lipinski definition) is 6. The maximum absolute atomic E-state index is 14.2. The van der Waals surface area contributed by atoms with E-state index in [0.29, 0.717) is 19.0 Å². The van der Waals surface area contributed by atoms with Crippen molar-refractivity contribution in [1.82, 2.24) is 25.7 Å². The Labute approximate surface area is 226 Å². The molecule has 0 unspecified atom stereocenters. The van der Waals surface area contributed by atoms with Crippen molar-refractivity contribution in [3.05, 3.63) is 71.7 Å². The van der Waals surface area contributed by atoms with E-state index < -0.39 is 29.5 Å². The Morgan fingerprint density at radius 2 is 1.90 bits per heavy atom. The average molecular weight is 538 g/mol. The predicted molar refractivity (Wildman–Crippen MR) is 140 cm³/mol. The van der Waals surface area contributed by atoms with Crippen LogP contribution in [0.15, 0.2) is 53.2 Å². The van der Waals surface area contributed by atoms with Crippen LogP contribution < -0.4 is 10.6 Å². The molecule has 2 amide bonds. The van der Waals surface area contributed by atoms with E-state index in [9.17, 15) is 18.4 Å². The summed E-state index contributed by atoms with van der Waals surface area (Å²) in [5.41, 5.74) is 0.725. The molecule has 1 aromatic carbocycles. The molecule has 0 radical (unpaired) electrons. The first-order chi connectivity index (χ1) is 18.9. The van der Waals surface area contributed by atoms with E-state index in [0.717, 1.165) is 37.2 Å². The summed E-state index contributed by atoms with van der Waals surface area (Å²) in [5, 5.41) is 9.86. The Morgan fingerprint density at radius 3 is 2.64 bits per heavy atom. The van der Waals surface area contributed by atoms with Crippen molar-refractivity contribution in [3.8, 4) is 11.3 Å². The molecule has 0 spiro atoms. The van der Waals surface area contributed by atoms with E-state index in [1.54, 1.807) is 6.20 Å². The zero-order valence-electron chi connectivity index (χ0n) is 21.9. The predicted octanol–water partition coefficient (Wildman–Crippen LogP) is 4.65. The van der Waals surface area contributed by atoms with Gasteiger partial charge < -0.3 is 15.2 Å². The molecule has 1 saturated heterocycles. The normalized spacial score (nSPS) is 21.3. The maximum atomic E-state index is 14.2.